The van der Waals surface area contributed by atoms with Gasteiger partial charge in [-0.1, -0.05) is 19.3 Å². The molecule has 0 bridgehead atoms. The molecule has 1 unspecified atom stereocenters. The lowest BCUT2D eigenvalue weighted by molar-refractivity contribution is 0.270. The molecule has 0 aromatic heterocycles. The van der Waals surface area contributed by atoms with Crippen LogP contribution in [0, 0.1) is 5.92 Å². The molecule has 0 heterocycles. The molecule has 1 fully saturated rings. The third kappa shape index (κ3) is 2.72. The van der Waals surface area contributed by atoms with Gasteiger partial charge in [0, 0.05) is 12.3 Å². The number of hydrogen-bond acceptors (Lipinski definition) is 3. The lowest BCUT2D eigenvalue weighted by Crippen LogP contribution is -2.53. The van der Waals surface area contributed by atoms with Crippen molar-refractivity contribution in [2.75, 3.05) is 6.26 Å². The van der Waals surface area contributed by atoms with Crippen molar-refractivity contribution in [1.29, 1.82) is 0 Å². The van der Waals surface area contributed by atoms with Gasteiger partial charge in [-0.3, -0.25) is 0 Å². The van der Waals surface area contributed by atoms with E-state index in [-0.39, 0.29) is 6.04 Å². The van der Waals surface area contributed by atoms with Gasteiger partial charge in [0.2, 0.25) is 0 Å². The smallest absolute Gasteiger partial charge is 0.154 e. The van der Waals surface area contributed by atoms with Gasteiger partial charge in [-0.15, -0.1) is 0 Å². The van der Waals surface area contributed by atoms with E-state index in [0.29, 0.717) is 5.92 Å². The minimum absolute atomic E-state index is 0.229. The maximum Gasteiger partial charge on any atom is 0.154 e. The maximum absolute atomic E-state index is 11.7. The zero-order chi connectivity index (χ0) is 11.7. The molecule has 0 aromatic carbocycles. The Kier molecular flexibility index (Phi) is 3.82. The lowest BCUT2D eigenvalue weighted by atomic mass is 9.80. The first-order chi connectivity index (χ1) is 6.77. The van der Waals surface area contributed by atoms with Crippen molar-refractivity contribution in [3.8, 4) is 0 Å². The SMILES string of the molecule is CC(C)(C(N)C1CCCCC1)S(C)(=O)=O. The molecule has 0 spiro atoms. The minimum Gasteiger partial charge on any atom is -0.326 e. The van der Waals surface area contributed by atoms with E-state index in [1.807, 2.05) is 0 Å². The quantitative estimate of drug-likeness (QED) is 0.807. The third-order valence-corrected chi connectivity index (χ3v) is 6.10. The molecular formula is C11H23NO2S. The van der Waals surface area contributed by atoms with Gasteiger partial charge in [0.1, 0.15) is 0 Å². The summed E-state index contributed by atoms with van der Waals surface area (Å²) in [5.74, 6) is 0.378. The van der Waals surface area contributed by atoms with E-state index >= 15 is 0 Å². The molecule has 1 rings (SSSR count). The van der Waals surface area contributed by atoms with Crippen LogP contribution >= 0.6 is 0 Å². The molecule has 15 heavy (non-hydrogen) atoms. The minimum atomic E-state index is -3.08. The van der Waals surface area contributed by atoms with Crippen molar-refractivity contribution < 1.29 is 8.42 Å². The molecule has 0 aromatic rings. The zero-order valence-corrected chi connectivity index (χ0v) is 10.8. The molecule has 1 aliphatic carbocycles. The average Bonchev–Trinajstić information content (AvgIpc) is 2.16. The molecule has 1 atom stereocenters. The molecule has 0 radical (unpaired) electrons. The summed E-state index contributed by atoms with van der Waals surface area (Å²) in [4.78, 5) is 0. The van der Waals surface area contributed by atoms with E-state index in [1.54, 1.807) is 13.8 Å². The third-order valence-electron chi connectivity index (χ3n) is 3.92. The van der Waals surface area contributed by atoms with Crippen molar-refractivity contribution in [3.63, 3.8) is 0 Å². The Bertz CT molecular complexity index is 303. The van der Waals surface area contributed by atoms with E-state index < -0.39 is 14.6 Å². The van der Waals surface area contributed by atoms with Crippen LogP contribution in [0.15, 0.2) is 0 Å². The van der Waals surface area contributed by atoms with Gasteiger partial charge >= 0.3 is 0 Å². The van der Waals surface area contributed by atoms with Crippen molar-refractivity contribution in [3.05, 3.63) is 0 Å². The van der Waals surface area contributed by atoms with E-state index in [0.717, 1.165) is 12.8 Å². The summed E-state index contributed by atoms with van der Waals surface area (Å²) in [6.45, 7) is 3.50. The second-order valence-electron chi connectivity index (χ2n) is 5.30. The largest absolute Gasteiger partial charge is 0.326 e. The maximum atomic E-state index is 11.7. The summed E-state index contributed by atoms with van der Waals surface area (Å²) in [5, 5.41) is 0. The number of nitrogens with two attached hydrogens (primary N) is 1. The first kappa shape index (κ1) is 13.0. The monoisotopic (exact) mass is 233 g/mol. The molecule has 2 N–H and O–H groups in total. The van der Waals surface area contributed by atoms with Gasteiger partial charge in [0.25, 0.3) is 0 Å². The molecule has 4 heteroatoms. The second kappa shape index (κ2) is 4.42. The van der Waals surface area contributed by atoms with Crippen LogP contribution in [-0.4, -0.2) is 25.5 Å². The van der Waals surface area contributed by atoms with E-state index in [2.05, 4.69) is 0 Å². The van der Waals surface area contributed by atoms with Gasteiger partial charge < -0.3 is 5.73 Å². The summed E-state index contributed by atoms with van der Waals surface area (Å²) < 4.78 is 22.5. The molecule has 1 saturated carbocycles. The van der Waals surface area contributed by atoms with Crippen LogP contribution in [0.1, 0.15) is 46.0 Å². The summed E-state index contributed by atoms with van der Waals surface area (Å²) in [6.07, 6.45) is 7.11. The summed E-state index contributed by atoms with van der Waals surface area (Å²) in [5.41, 5.74) is 6.13. The molecular weight excluding hydrogens is 210 g/mol. The second-order valence-corrected chi connectivity index (χ2v) is 7.90. The molecule has 3 nitrogen and oxygen atoms in total. The fourth-order valence-corrected chi connectivity index (χ4v) is 2.99. The predicted octanol–water partition coefficient (Wildman–Crippen LogP) is 1.72. The Morgan fingerprint density at radius 2 is 1.67 bits per heavy atom. The fourth-order valence-electron chi connectivity index (χ4n) is 2.31. The van der Waals surface area contributed by atoms with Gasteiger partial charge in [-0.2, -0.15) is 0 Å². The molecule has 0 aliphatic heterocycles. The molecule has 0 saturated heterocycles. The predicted molar refractivity (Wildman–Crippen MR) is 63.5 cm³/mol. The number of rotatable bonds is 3. The van der Waals surface area contributed by atoms with Crippen molar-refractivity contribution in [1.82, 2.24) is 0 Å². The van der Waals surface area contributed by atoms with Crippen LogP contribution in [0.5, 0.6) is 0 Å². The Morgan fingerprint density at radius 1 is 1.20 bits per heavy atom. The van der Waals surface area contributed by atoms with Crippen LogP contribution in [0.2, 0.25) is 0 Å². The van der Waals surface area contributed by atoms with Crippen molar-refractivity contribution >= 4 is 9.84 Å². The number of sulfone groups is 1. The zero-order valence-electron chi connectivity index (χ0n) is 9.99. The van der Waals surface area contributed by atoms with Crippen LogP contribution < -0.4 is 5.73 Å². The Balaban J connectivity index is 2.78. The average molecular weight is 233 g/mol. The summed E-state index contributed by atoms with van der Waals surface area (Å²) in [7, 11) is -3.08. The van der Waals surface area contributed by atoms with Gasteiger partial charge in [-0.25, -0.2) is 8.42 Å². The Hall–Kier alpha value is -0.0900. The fraction of sp³-hybridized carbons (Fsp3) is 1.00. The lowest BCUT2D eigenvalue weighted by Gasteiger charge is -2.37. The highest BCUT2D eigenvalue weighted by Crippen LogP contribution is 2.32. The molecule has 0 amide bonds. The van der Waals surface area contributed by atoms with Crippen molar-refractivity contribution in [2.45, 2.75) is 56.7 Å². The van der Waals surface area contributed by atoms with E-state index in [9.17, 15) is 8.42 Å². The van der Waals surface area contributed by atoms with Crippen molar-refractivity contribution in [2.24, 2.45) is 11.7 Å². The highest BCUT2D eigenvalue weighted by molar-refractivity contribution is 7.92. The summed E-state index contributed by atoms with van der Waals surface area (Å²) >= 11 is 0. The molecule has 1 aliphatic rings. The summed E-state index contributed by atoms with van der Waals surface area (Å²) in [6, 6.07) is -0.229. The van der Waals surface area contributed by atoms with Gasteiger partial charge in [0.15, 0.2) is 9.84 Å². The number of hydrogen-bond donors (Lipinski definition) is 1. The topological polar surface area (TPSA) is 60.2 Å². The van der Waals surface area contributed by atoms with Crippen LogP contribution in [0.3, 0.4) is 0 Å². The first-order valence-corrected chi connectivity index (χ1v) is 7.61. The van der Waals surface area contributed by atoms with Gasteiger partial charge in [-0.05, 0) is 32.6 Å². The van der Waals surface area contributed by atoms with Crippen LogP contribution in [0.4, 0.5) is 0 Å². The highest BCUT2D eigenvalue weighted by atomic mass is 32.2. The Morgan fingerprint density at radius 3 is 2.07 bits per heavy atom. The first-order valence-electron chi connectivity index (χ1n) is 5.72. The van der Waals surface area contributed by atoms with E-state index in [1.165, 1.54) is 25.5 Å². The standard InChI is InChI=1S/C11H23NO2S/c1-11(2,15(3,13)14)10(12)9-7-5-4-6-8-9/h9-10H,4-8,12H2,1-3H3. The van der Waals surface area contributed by atoms with Crippen LogP contribution in [0.25, 0.3) is 0 Å². The molecule has 90 valence electrons. The Labute approximate surface area is 93.3 Å². The van der Waals surface area contributed by atoms with Gasteiger partial charge in [0.05, 0.1) is 4.75 Å². The highest BCUT2D eigenvalue weighted by Gasteiger charge is 2.40. The normalized spacial score (nSPS) is 22.7. The van der Waals surface area contributed by atoms with E-state index in [4.69, 9.17) is 5.73 Å². The van der Waals surface area contributed by atoms with Crippen LogP contribution in [-0.2, 0) is 9.84 Å².